The second-order valence-electron chi connectivity index (χ2n) is 4.53. The van der Waals surface area contributed by atoms with Crippen LogP contribution in [0.15, 0.2) is 29.2 Å². The van der Waals surface area contributed by atoms with Gasteiger partial charge in [-0.15, -0.1) is 0 Å². The van der Waals surface area contributed by atoms with Crippen LogP contribution < -0.4 is 10.6 Å². The van der Waals surface area contributed by atoms with E-state index in [1.165, 1.54) is 14.1 Å². The van der Waals surface area contributed by atoms with Gasteiger partial charge in [0.25, 0.3) is 0 Å². The topological polar surface area (TPSA) is 78.5 Å². The number of hydrogen-bond acceptors (Lipinski definition) is 4. The summed E-state index contributed by atoms with van der Waals surface area (Å²) in [6.45, 7) is 0.787. The monoisotopic (exact) mass is 299 g/mol. The van der Waals surface area contributed by atoms with Crippen LogP contribution in [0.4, 0.5) is 0 Å². The van der Waals surface area contributed by atoms with Crippen LogP contribution in [-0.4, -0.2) is 46.3 Å². The van der Waals surface area contributed by atoms with Crippen LogP contribution in [0.3, 0.4) is 0 Å². The molecule has 0 radical (unpaired) electrons. The van der Waals surface area contributed by atoms with Gasteiger partial charge >= 0.3 is 0 Å². The van der Waals surface area contributed by atoms with Crippen LogP contribution in [0.1, 0.15) is 12.0 Å². The number of amides is 1. The zero-order valence-electron chi connectivity index (χ0n) is 12.0. The summed E-state index contributed by atoms with van der Waals surface area (Å²) in [5, 5.41) is 5.61. The SMILES string of the molecule is CNCCC(=O)NCc1ccccc1S(=O)(=O)N(C)C. The van der Waals surface area contributed by atoms with Gasteiger partial charge in [0.15, 0.2) is 0 Å². The third kappa shape index (κ3) is 4.29. The van der Waals surface area contributed by atoms with Crippen molar-refractivity contribution in [3.63, 3.8) is 0 Å². The molecule has 2 N–H and O–H groups in total. The molecule has 0 aromatic heterocycles. The van der Waals surface area contributed by atoms with E-state index in [9.17, 15) is 13.2 Å². The molecule has 0 fully saturated rings. The predicted octanol–water partition coefficient (Wildman–Crippen LogP) is 0.163. The summed E-state index contributed by atoms with van der Waals surface area (Å²) in [6, 6.07) is 6.67. The van der Waals surface area contributed by atoms with E-state index in [0.717, 1.165) is 4.31 Å². The molecular formula is C13H21N3O3S. The number of carbonyl (C=O) groups is 1. The molecule has 20 heavy (non-hydrogen) atoms. The average Bonchev–Trinajstić information content (AvgIpc) is 2.42. The molecule has 0 atom stereocenters. The Morgan fingerprint density at radius 3 is 2.50 bits per heavy atom. The van der Waals surface area contributed by atoms with E-state index in [2.05, 4.69) is 10.6 Å². The first-order valence-corrected chi connectivity index (χ1v) is 7.75. The van der Waals surface area contributed by atoms with Gasteiger partial charge in [0, 0.05) is 33.6 Å². The van der Waals surface area contributed by atoms with Crippen LogP contribution in [0.5, 0.6) is 0 Å². The Bertz CT molecular complexity index is 556. The van der Waals surface area contributed by atoms with E-state index in [0.29, 0.717) is 18.5 Å². The molecule has 0 aliphatic carbocycles. The van der Waals surface area contributed by atoms with Gasteiger partial charge in [0.2, 0.25) is 15.9 Å². The molecule has 0 aliphatic heterocycles. The Morgan fingerprint density at radius 1 is 1.25 bits per heavy atom. The summed E-state index contributed by atoms with van der Waals surface area (Å²) in [4.78, 5) is 11.8. The van der Waals surface area contributed by atoms with Gasteiger partial charge in [-0.25, -0.2) is 12.7 Å². The van der Waals surface area contributed by atoms with Crippen molar-refractivity contribution in [3.8, 4) is 0 Å². The van der Waals surface area contributed by atoms with Crippen molar-refractivity contribution in [2.24, 2.45) is 0 Å². The number of nitrogens with one attached hydrogen (secondary N) is 2. The number of rotatable bonds is 7. The van der Waals surface area contributed by atoms with Crippen molar-refractivity contribution in [2.75, 3.05) is 27.7 Å². The highest BCUT2D eigenvalue weighted by Gasteiger charge is 2.20. The molecular weight excluding hydrogens is 278 g/mol. The standard InChI is InChI=1S/C13H21N3O3S/c1-14-9-8-13(17)15-10-11-6-4-5-7-12(11)20(18,19)16(2)3/h4-7,14H,8-10H2,1-3H3,(H,15,17). The van der Waals surface area contributed by atoms with E-state index in [4.69, 9.17) is 0 Å². The van der Waals surface area contributed by atoms with Gasteiger partial charge in [0.1, 0.15) is 0 Å². The van der Waals surface area contributed by atoms with Gasteiger partial charge in [0.05, 0.1) is 4.90 Å². The third-order valence-corrected chi connectivity index (χ3v) is 4.72. The number of hydrogen-bond donors (Lipinski definition) is 2. The molecule has 0 bridgehead atoms. The molecule has 0 spiro atoms. The summed E-state index contributed by atoms with van der Waals surface area (Å²) < 4.78 is 25.5. The smallest absolute Gasteiger partial charge is 0.242 e. The van der Waals surface area contributed by atoms with Crippen LogP contribution in [-0.2, 0) is 21.4 Å². The van der Waals surface area contributed by atoms with Crippen molar-refractivity contribution < 1.29 is 13.2 Å². The number of sulfonamides is 1. The Kier molecular flexibility index (Phi) is 6.12. The Morgan fingerprint density at radius 2 is 1.90 bits per heavy atom. The van der Waals surface area contributed by atoms with Crippen LogP contribution in [0.25, 0.3) is 0 Å². The molecule has 1 rings (SSSR count). The fourth-order valence-corrected chi connectivity index (χ4v) is 2.73. The van der Waals surface area contributed by atoms with E-state index < -0.39 is 10.0 Å². The van der Waals surface area contributed by atoms with Gasteiger partial charge < -0.3 is 10.6 Å². The maximum Gasteiger partial charge on any atom is 0.242 e. The number of nitrogens with zero attached hydrogens (tertiary/aromatic N) is 1. The van der Waals surface area contributed by atoms with E-state index >= 15 is 0 Å². The van der Waals surface area contributed by atoms with Crippen molar-refractivity contribution in [1.29, 1.82) is 0 Å². The van der Waals surface area contributed by atoms with Crippen molar-refractivity contribution in [1.82, 2.24) is 14.9 Å². The highest BCUT2D eigenvalue weighted by molar-refractivity contribution is 7.89. The fourth-order valence-electron chi connectivity index (χ4n) is 1.62. The summed E-state index contributed by atoms with van der Waals surface area (Å²) in [5.74, 6) is -0.114. The minimum Gasteiger partial charge on any atom is -0.352 e. The molecule has 0 heterocycles. The molecule has 1 amide bonds. The van der Waals surface area contributed by atoms with Crippen molar-refractivity contribution in [3.05, 3.63) is 29.8 Å². The highest BCUT2D eigenvalue weighted by atomic mass is 32.2. The number of carbonyl (C=O) groups excluding carboxylic acids is 1. The van der Waals surface area contributed by atoms with Gasteiger partial charge in [-0.05, 0) is 18.7 Å². The summed E-state index contributed by atoms with van der Waals surface area (Å²) >= 11 is 0. The Labute approximate surface area is 120 Å². The van der Waals surface area contributed by atoms with E-state index in [1.54, 1.807) is 31.3 Å². The lowest BCUT2D eigenvalue weighted by molar-refractivity contribution is -0.121. The van der Waals surface area contributed by atoms with Crippen molar-refractivity contribution in [2.45, 2.75) is 17.9 Å². The van der Waals surface area contributed by atoms with Crippen LogP contribution in [0, 0.1) is 0 Å². The largest absolute Gasteiger partial charge is 0.352 e. The third-order valence-electron chi connectivity index (χ3n) is 2.81. The van der Waals surface area contributed by atoms with E-state index in [-0.39, 0.29) is 17.3 Å². The molecule has 0 saturated heterocycles. The van der Waals surface area contributed by atoms with E-state index in [1.807, 2.05) is 0 Å². The average molecular weight is 299 g/mol. The Hall–Kier alpha value is -1.44. The Balaban J connectivity index is 2.85. The summed E-state index contributed by atoms with van der Waals surface area (Å²) in [7, 11) is 1.23. The molecule has 1 aromatic carbocycles. The molecule has 112 valence electrons. The second-order valence-corrected chi connectivity index (χ2v) is 6.65. The normalized spacial score (nSPS) is 11.6. The first-order valence-electron chi connectivity index (χ1n) is 6.31. The van der Waals surface area contributed by atoms with Crippen LogP contribution in [0.2, 0.25) is 0 Å². The lowest BCUT2D eigenvalue weighted by Crippen LogP contribution is -2.28. The molecule has 0 saturated carbocycles. The van der Waals surface area contributed by atoms with Crippen molar-refractivity contribution >= 4 is 15.9 Å². The lowest BCUT2D eigenvalue weighted by Gasteiger charge is -2.15. The maximum absolute atomic E-state index is 12.2. The van der Waals surface area contributed by atoms with Gasteiger partial charge in [-0.2, -0.15) is 0 Å². The molecule has 6 nitrogen and oxygen atoms in total. The molecule has 0 unspecified atom stereocenters. The summed E-state index contributed by atoms with van der Waals surface area (Å²) in [5.41, 5.74) is 0.582. The first-order chi connectivity index (χ1) is 9.39. The zero-order chi connectivity index (χ0) is 15.2. The predicted molar refractivity (Wildman–Crippen MR) is 77.7 cm³/mol. The quantitative estimate of drug-likeness (QED) is 0.752. The van der Waals surface area contributed by atoms with Gasteiger partial charge in [-0.3, -0.25) is 4.79 Å². The minimum absolute atomic E-state index is 0.114. The van der Waals surface area contributed by atoms with Gasteiger partial charge in [-0.1, -0.05) is 18.2 Å². The molecule has 0 aliphatic rings. The van der Waals surface area contributed by atoms with Crippen LogP contribution >= 0.6 is 0 Å². The second kappa shape index (κ2) is 7.37. The highest BCUT2D eigenvalue weighted by Crippen LogP contribution is 2.18. The molecule has 1 aromatic rings. The lowest BCUT2D eigenvalue weighted by atomic mass is 10.2. The summed E-state index contributed by atoms with van der Waals surface area (Å²) in [6.07, 6.45) is 0.360. The maximum atomic E-state index is 12.2. The minimum atomic E-state index is -3.50. The molecule has 7 heteroatoms. The zero-order valence-corrected chi connectivity index (χ0v) is 12.8. The fraction of sp³-hybridized carbons (Fsp3) is 0.462. The number of benzene rings is 1. The first kappa shape index (κ1) is 16.6.